The number of hydrogen-bond donors (Lipinski definition) is 0. The molecular formula is C10H8ClIN2. The van der Waals surface area contributed by atoms with E-state index in [2.05, 4.69) is 39.8 Å². The van der Waals surface area contributed by atoms with Crippen LogP contribution in [0.25, 0.3) is 0 Å². The van der Waals surface area contributed by atoms with Gasteiger partial charge in [-0.05, 0) is 28.2 Å². The number of aromatic nitrogens is 2. The lowest BCUT2D eigenvalue weighted by Crippen LogP contribution is -1.99. The Morgan fingerprint density at radius 1 is 1.29 bits per heavy atom. The summed E-state index contributed by atoms with van der Waals surface area (Å²) in [5.41, 5.74) is 1.23. The number of hydrogen-bond acceptors (Lipinski definition) is 1. The molecule has 0 saturated heterocycles. The van der Waals surface area contributed by atoms with E-state index in [-0.39, 0.29) is 0 Å². The molecule has 0 spiro atoms. The lowest BCUT2D eigenvalue weighted by atomic mass is 10.2. The van der Waals surface area contributed by atoms with Gasteiger partial charge in [0.2, 0.25) is 0 Å². The van der Waals surface area contributed by atoms with Crippen LogP contribution in [0.3, 0.4) is 0 Å². The summed E-state index contributed by atoms with van der Waals surface area (Å²) in [6, 6.07) is 10.2. The van der Waals surface area contributed by atoms with Gasteiger partial charge in [0.25, 0.3) is 0 Å². The summed E-state index contributed by atoms with van der Waals surface area (Å²) in [4.78, 5) is 0. The lowest BCUT2D eigenvalue weighted by Gasteiger charge is -2.00. The van der Waals surface area contributed by atoms with Gasteiger partial charge in [0, 0.05) is 6.20 Å². The molecule has 0 amide bonds. The van der Waals surface area contributed by atoms with Gasteiger partial charge < -0.3 is 0 Å². The van der Waals surface area contributed by atoms with Crippen LogP contribution in [-0.2, 0) is 6.54 Å². The third-order valence-corrected chi connectivity index (χ3v) is 3.26. The molecule has 0 aliphatic rings. The molecule has 14 heavy (non-hydrogen) atoms. The first kappa shape index (κ1) is 9.98. The molecule has 2 aromatic rings. The highest BCUT2D eigenvalue weighted by Gasteiger charge is 2.02. The summed E-state index contributed by atoms with van der Waals surface area (Å²) in [7, 11) is 0. The molecule has 0 atom stereocenters. The average Bonchev–Trinajstić information content (AvgIpc) is 2.47. The normalized spacial score (nSPS) is 10.4. The zero-order chi connectivity index (χ0) is 9.97. The molecule has 1 aromatic carbocycles. The van der Waals surface area contributed by atoms with Gasteiger partial charge in [-0.2, -0.15) is 5.10 Å². The first-order valence-corrected chi connectivity index (χ1v) is 5.64. The van der Waals surface area contributed by atoms with E-state index in [0.29, 0.717) is 5.02 Å². The fourth-order valence-corrected chi connectivity index (χ4v) is 1.79. The molecule has 0 bridgehead atoms. The van der Waals surface area contributed by atoms with E-state index >= 15 is 0 Å². The Morgan fingerprint density at radius 3 is 2.57 bits per heavy atom. The number of halogens is 2. The SMILES string of the molecule is Clc1cn(Cc2ccccc2)nc1I. The van der Waals surface area contributed by atoms with Crippen molar-refractivity contribution in [3.8, 4) is 0 Å². The first-order chi connectivity index (χ1) is 6.75. The van der Waals surface area contributed by atoms with Crippen molar-refractivity contribution in [2.75, 3.05) is 0 Å². The average molecular weight is 319 g/mol. The summed E-state index contributed by atoms with van der Waals surface area (Å²) >= 11 is 8.03. The van der Waals surface area contributed by atoms with Gasteiger partial charge in [0.05, 0.1) is 11.6 Å². The molecule has 0 radical (unpaired) electrons. The van der Waals surface area contributed by atoms with Crippen LogP contribution in [0.2, 0.25) is 5.02 Å². The predicted octanol–water partition coefficient (Wildman–Crippen LogP) is 3.19. The molecule has 0 aliphatic heterocycles. The first-order valence-electron chi connectivity index (χ1n) is 4.18. The fraction of sp³-hybridized carbons (Fsp3) is 0.100. The second-order valence-electron chi connectivity index (χ2n) is 2.95. The van der Waals surface area contributed by atoms with Crippen LogP contribution in [0, 0.1) is 3.70 Å². The van der Waals surface area contributed by atoms with Crippen molar-refractivity contribution in [3.05, 3.63) is 50.8 Å². The van der Waals surface area contributed by atoms with Gasteiger partial charge in [-0.15, -0.1) is 0 Å². The number of benzene rings is 1. The van der Waals surface area contributed by atoms with Crippen LogP contribution in [0.5, 0.6) is 0 Å². The summed E-state index contributed by atoms with van der Waals surface area (Å²) in [6.45, 7) is 0.767. The molecule has 2 nitrogen and oxygen atoms in total. The molecular weight excluding hydrogens is 310 g/mol. The van der Waals surface area contributed by atoms with E-state index in [1.54, 1.807) is 0 Å². The zero-order valence-electron chi connectivity index (χ0n) is 7.32. The third-order valence-electron chi connectivity index (χ3n) is 1.86. The van der Waals surface area contributed by atoms with Crippen molar-refractivity contribution >= 4 is 34.2 Å². The largest absolute Gasteiger partial charge is 0.266 e. The predicted molar refractivity (Wildman–Crippen MR) is 65.5 cm³/mol. The van der Waals surface area contributed by atoms with Gasteiger partial charge in [0.15, 0.2) is 0 Å². The van der Waals surface area contributed by atoms with E-state index in [9.17, 15) is 0 Å². The highest BCUT2D eigenvalue weighted by molar-refractivity contribution is 14.1. The zero-order valence-corrected chi connectivity index (χ0v) is 10.2. The third kappa shape index (κ3) is 2.27. The molecule has 72 valence electrons. The Bertz CT molecular complexity index is 405. The Labute approximate surface area is 101 Å². The molecule has 0 fully saturated rings. The monoisotopic (exact) mass is 318 g/mol. The number of nitrogens with zero attached hydrogens (tertiary/aromatic N) is 2. The van der Waals surface area contributed by atoms with Crippen LogP contribution < -0.4 is 0 Å². The van der Waals surface area contributed by atoms with E-state index in [4.69, 9.17) is 11.6 Å². The van der Waals surface area contributed by atoms with Gasteiger partial charge in [-0.25, -0.2) is 0 Å². The Morgan fingerprint density at radius 2 is 2.00 bits per heavy atom. The molecule has 1 heterocycles. The van der Waals surface area contributed by atoms with E-state index in [0.717, 1.165) is 10.2 Å². The molecule has 0 unspecified atom stereocenters. The van der Waals surface area contributed by atoms with Crippen LogP contribution >= 0.6 is 34.2 Å². The maximum Gasteiger partial charge on any atom is 0.141 e. The number of rotatable bonds is 2. The van der Waals surface area contributed by atoms with Crippen molar-refractivity contribution in [2.45, 2.75) is 6.54 Å². The summed E-state index contributed by atoms with van der Waals surface area (Å²) in [6.07, 6.45) is 1.84. The highest BCUT2D eigenvalue weighted by Crippen LogP contribution is 2.16. The van der Waals surface area contributed by atoms with Crippen LogP contribution in [-0.4, -0.2) is 9.78 Å². The van der Waals surface area contributed by atoms with E-state index < -0.39 is 0 Å². The standard InChI is InChI=1S/C10H8ClIN2/c11-9-7-14(13-10(9)12)6-8-4-2-1-3-5-8/h1-5,7H,6H2. The highest BCUT2D eigenvalue weighted by atomic mass is 127. The van der Waals surface area contributed by atoms with Crippen molar-refractivity contribution < 1.29 is 0 Å². The second-order valence-corrected chi connectivity index (χ2v) is 4.38. The minimum Gasteiger partial charge on any atom is -0.266 e. The summed E-state index contributed by atoms with van der Waals surface area (Å²) in [5.74, 6) is 0. The van der Waals surface area contributed by atoms with Gasteiger partial charge >= 0.3 is 0 Å². The minimum atomic E-state index is 0.710. The van der Waals surface area contributed by atoms with Crippen LogP contribution in [0.4, 0.5) is 0 Å². The van der Waals surface area contributed by atoms with Crippen LogP contribution in [0.1, 0.15) is 5.56 Å². The van der Waals surface area contributed by atoms with Crippen molar-refractivity contribution in [3.63, 3.8) is 0 Å². The van der Waals surface area contributed by atoms with Gasteiger partial charge in [-0.1, -0.05) is 41.9 Å². The topological polar surface area (TPSA) is 17.8 Å². The Hall–Kier alpha value is -0.550. The van der Waals surface area contributed by atoms with Crippen molar-refractivity contribution in [1.29, 1.82) is 0 Å². The second kappa shape index (κ2) is 4.31. The Kier molecular flexibility index (Phi) is 3.08. The molecule has 0 N–H and O–H groups in total. The van der Waals surface area contributed by atoms with Crippen molar-refractivity contribution in [2.24, 2.45) is 0 Å². The van der Waals surface area contributed by atoms with E-state index in [1.807, 2.05) is 29.1 Å². The lowest BCUT2D eigenvalue weighted by molar-refractivity contribution is 0.681. The van der Waals surface area contributed by atoms with Crippen LogP contribution in [0.15, 0.2) is 36.5 Å². The Balaban J connectivity index is 2.19. The molecule has 2 rings (SSSR count). The molecule has 0 aliphatic carbocycles. The summed E-state index contributed by atoms with van der Waals surface area (Å²) < 4.78 is 2.69. The fourth-order valence-electron chi connectivity index (χ4n) is 1.22. The van der Waals surface area contributed by atoms with E-state index in [1.165, 1.54) is 5.56 Å². The van der Waals surface area contributed by atoms with Crippen molar-refractivity contribution in [1.82, 2.24) is 9.78 Å². The smallest absolute Gasteiger partial charge is 0.141 e. The summed E-state index contributed by atoms with van der Waals surface area (Å²) in [5, 5.41) is 4.99. The van der Waals surface area contributed by atoms with Gasteiger partial charge in [0.1, 0.15) is 3.70 Å². The minimum absolute atomic E-state index is 0.710. The molecule has 4 heteroatoms. The maximum atomic E-state index is 5.90. The quantitative estimate of drug-likeness (QED) is 0.778. The maximum absolute atomic E-state index is 5.90. The van der Waals surface area contributed by atoms with Gasteiger partial charge in [-0.3, -0.25) is 4.68 Å². The molecule has 1 aromatic heterocycles. The molecule has 0 saturated carbocycles.